The zero-order chi connectivity index (χ0) is 17.7. The first kappa shape index (κ1) is 18.0. The maximum Gasteiger partial charge on any atom is 0.269 e. The van der Waals surface area contributed by atoms with Crippen LogP contribution in [-0.2, 0) is 0 Å². The summed E-state index contributed by atoms with van der Waals surface area (Å²) in [6.45, 7) is 0. The molecule has 0 heterocycles. The lowest BCUT2D eigenvalue weighted by Gasteiger charge is -2.11. The molecule has 0 aliphatic carbocycles. The Kier molecular flexibility index (Phi) is 5.97. The van der Waals surface area contributed by atoms with Gasteiger partial charge in [-0.1, -0.05) is 23.2 Å². The van der Waals surface area contributed by atoms with E-state index in [1.807, 2.05) is 0 Å². The molecule has 0 radical (unpaired) electrons. The van der Waals surface area contributed by atoms with Crippen LogP contribution >= 0.6 is 35.4 Å². The summed E-state index contributed by atoms with van der Waals surface area (Å²) < 4.78 is 0. The molecule has 2 aromatic rings. The van der Waals surface area contributed by atoms with Gasteiger partial charge in [0.25, 0.3) is 11.8 Å². The van der Waals surface area contributed by atoms with E-state index < -0.39 is 11.8 Å². The predicted molar refractivity (Wildman–Crippen MR) is 95.2 cm³/mol. The van der Waals surface area contributed by atoms with Gasteiger partial charge in [0.1, 0.15) is 5.75 Å². The second-order valence-electron chi connectivity index (χ2n) is 4.53. The molecule has 0 atom stereocenters. The van der Waals surface area contributed by atoms with Crippen molar-refractivity contribution >= 4 is 52.3 Å². The van der Waals surface area contributed by atoms with E-state index in [4.69, 9.17) is 40.5 Å². The molecule has 0 saturated heterocycles. The number of halogens is 2. The summed E-state index contributed by atoms with van der Waals surface area (Å²) in [5.41, 5.74) is 5.20. The third-order valence-electron chi connectivity index (χ3n) is 2.82. The van der Waals surface area contributed by atoms with Crippen molar-refractivity contribution in [1.82, 2.24) is 16.2 Å². The van der Waals surface area contributed by atoms with Crippen LogP contribution in [0.25, 0.3) is 0 Å². The monoisotopic (exact) mass is 383 g/mol. The first-order valence-corrected chi connectivity index (χ1v) is 7.69. The van der Waals surface area contributed by atoms with Gasteiger partial charge in [-0.3, -0.25) is 25.8 Å². The SMILES string of the molecule is O=C(NNC(=S)NC(=O)c1ccc(Cl)cc1Cl)c1ccc(O)cc1. The molecular formula is C15H11Cl2N3O3S. The van der Waals surface area contributed by atoms with Crippen LogP contribution in [0.3, 0.4) is 0 Å². The Morgan fingerprint density at radius 3 is 2.25 bits per heavy atom. The summed E-state index contributed by atoms with van der Waals surface area (Å²) >= 11 is 16.6. The quantitative estimate of drug-likeness (QED) is 0.472. The molecule has 0 saturated carbocycles. The van der Waals surface area contributed by atoms with Crippen molar-refractivity contribution in [1.29, 1.82) is 0 Å². The van der Waals surface area contributed by atoms with Crippen LogP contribution in [0, 0.1) is 0 Å². The third-order valence-corrected chi connectivity index (χ3v) is 3.57. The minimum Gasteiger partial charge on any atom is -0.508 e. The van der Waals surface area contributed by atoms with Crippen LogP contribution in [0.2, 0.25) is 10.0 Å². The highest BCUT2D eigenvalue weighted by atomic mass is 35.5. The summed E-state index contributed by atoms with van der Waals surface area (Å²) in [6, 6.07) is 10.0. The molecule has 0 spiro atoms. The fourth-order valence-corrected chi connectivity index (χ4v) is 2.31. The van der Waals surface area contributed by atoms with Crippen molar-refractivity contribution < 1.29 is 14.7 Å². The van der Waals surface area contributed by atoms with E-state index in [0.29, 0.717) is 10.6 Å². The minimum absolute atomic E-state index is 0.0436. The first-order valence-electron chi connectivity index (χ1n) is 6.52. The van der Waals surface area contributed by atoms with Crippen molar-refractivity contribution in [2.45, 2.75) is 0 Å². The van der Waals surface area contributed by atoms with E-state index in [9.17, 15) is 9.59 Å². The number of hydrogen-bond donors (Lipinski definition) is 4. The van der Waals surface area contributed by atoms with E-state index in [0.717, 1.165) is 0 Å². The minimum atomic E-state index is -0.548. The second-order valence-corrected chi connectivity index (χ2v) is 5.79. The van der Waals surface area contributed by atoms with Gasteiger partial charge in [-0.15, -0.1) is 0 Å². The molecule has 4 N–H and O–H groups in total. The van der Waals surface area contributed by atoms with Crippen LogP contribution in [0.15, 0.2) is 42.5 Å². The molecule has 0 unspecified atom stereocenters. The molecule has 2 rings (SSSR count). The average molecular weight is 384 g/mol. The normalized spacial score (nSPS) is 9.92. The smallest absolute Gasteiger partial charge is 0.269 e. The molecule has 0 aliphatic rings. The van der Waals surface area contributed by atoms with Crippen LogP contribution in [-0.4, -0.2) is 22.0 Å². The fourth-order valence-electron chi connectivity index (χ4n) is 1.67. The second kappa shape index (κ2) is 7.96. The Morgan fingerprint density at radius 2 is 1.62 bits per heavy atom. The van der Waals surface area contributed by atoms with Gasteiger partial charge < -0.3 is 5.11 Å². The third kappa shape index (κ3) is 4.82. The summed E-state index contributed by atoms with van der Waals surface area (Å²) in [6.07, 6.45) is 0. The van der Waals surface area contributed by atoms with Gasteiger partial charge in [-0.2, -0.15) is 0 Å². The number of rotatable bonds is 2. The van der Waals surface area contributed by atoms with E-state index in [1.54, 1.807) is 0 Å². The van der Waals surface area contributed by atoms with Crippen molar-refractivity contribution in [3.8, 4) is 5.75 Å². The molecule has 24 heavy (non-hydrogen) atoms. The van der Waals surface area contributed by atoms with Crippen LogP contribution in [0.4, 0.5) is 0 Å². The van der Waals surface area contributed by atoms with Crippen molar-refractivity contribution in [2.24, 2.45) is 0 Å². The number of carbonyl (C=O) groups is 2. The number of amides is 2. The molecule has 0 aliphatic heterocycles. The number of thiocarbonyl (C=S) groups is 1. The van der Waals surface area contributed by atoms with Gasteiger partial charge in [0.05, 0.1) is 10.6 Å². The van der Waals surface area contributed by atoms with E-state index >= 15 is 0 Å². The Morgan fingerprint density at radius 1 is 0.958 bits per heavy atom. The number of benzene rings is 2. The zero-order valence-electron chi connectivity index (χ0n) is 12.0. The number of hydrazine groups is 1. The van der Waals surface area contributed by atoms with E-state index in [2.05, 4.69) is 16.2 Å². The van der Waals surface area contributed by atoms with Gasteiger partial charge in [0.2, 0.25) is 0 Å². The lowest BCUT2D eigenvalue weighted by atomic mass is 10.2. The Labute approximate surface area is 152 Å². The number of carbonyl (C=O) groups excluding carboxylic acids is 2. The molecule has 124 valence electrons. The summed E-state index contributed by atoms with van der Waals surface area (Å²) in [7, 11) is 0. The van der Waals surface area contributed by atoms with Crippen molar-refractivity contribution in [3.05, 3.63) is 63.6 Å². The predicted octanol–water partition coefficient (Wildman–Crippen LogP) is 2.65. The molecule has 2 aromatic carbocycles. The summed E-state index contributed by atoms with van der Waals surface area (Å²) in [5, 5.41) is 12.0. The van der Waals surface area contributed by atoms with Gasteiger partial charge in [-0.25, -0.2) is 0 Å². The molecule has 9 heteroatoms. The molecule has 2 amide bonds. The Balaban J connectivity index is 1.89. The molecule has 0 aromatic heterocycles. The highest BCUT2D eigenvalue weighted by molar-refractivity contribution is 7.80. The highest BCUT2D eigenvalue weighted by Gasteiger charge is 2.13. The Hall–Kier alpha value is -2.35. The van der Waals surface area contributed by atoms with Crippen LogP contribution < -0.4 is 16.2 Å². The van der Waals surface area contributed by atoms with Crippen molar-refractivity contribution in [3.63, 3.8) is 0 Å². The number of phenols is 1. The largest absolute Gasteiger partial charge is 0.508 e. The van der Waals surface area contributed by atoms with E-state index in [1.165, 1.54) is 42.5 Å². The Bertz CT molecular complexity index is 797. The summed E-state index contributed by atoms with van der Waals surface area (Å²) in [4.78, 5) is 23.9. The molecule has 6 nitrogen and oxygen atoms in total. The van der Waals surface area contributed by atoms with Gasteiger partial charge in [-0.05, 0) is 54.7 Å². The van der Waals surface area contributed by atoms with E-state index in [-0.39, 0.29) is 21.4 Å². The standard InChI is InChI=1S/C15H11Cl2N3O3S/c16-9-3-6-11(12(17)7-9)14(23)18-15(24)20-19-13(22)8-1-4-10(21)5-2-8/h1-7,21H,(H,19,22)(H2,18,20,23,24). The lowest BCUT2D eigenvalue weighted by molar-refractivity contribution is 0.0934. The maximum atomic E-state index is 12.0. The van der Waals surface area contributed by atoms with Gasteiger partial charge in [0, 0.05) is 10.6 Å². The van der Waals surface area contributed by atoms with Gasteiger partial charge in [0.15, 0.2) is 5.11 Å². The van der Waals surface area contributed by atoms with Gasteiger partial charge >= 0.3 is 0 Å². The van der Waals surface area contributed by atoms with Crippen molar-refractivity contribution in [2.75, 3.05) is 0 Å². The fraction of sp³-hybridized carbons (Fsp3) is 0. The van der Waals surface area contributed by atoms with Crippen LogP contribution in [0.1, 0.15) is 20.7 Å². The number of nitrogens with one attached hydrogen (secondary N) is 3. The van der Waals surface area contributed by atoms with Crippen LogP contribution in [0.5, 0.6) is 5.75 Å². The lowest BCUT2D eigenvalue weighted by Crippen LogP contribution is -2.48. The highest BCUT2D eigenvalue weighted by Crippen LogP contribution is 2.20. The number of hydrogen-bond acceptors (Lipinski definition) is 4. The number of phenolic OH excluding ortho intramolecular Hbond substituents is 1. The molecular weight excluding hydrogens is 373 g/mol. The zero-order valence-corrected chi connectivity index (χ0v) is 14.3. The topological polar surface area (TPSA) is 90.5 Å². The first-order chi connectivity index (χ1) is 11.4. The molecule has 0 bridgehead atoms. The summed E-state index contributed by atoms with van der Waals surface area (Å²) in [5.74, 6) is -0.994. The number of aromatic hydroxyl groups is 1. The average Bonchev–Trinajstić information content (AvgIpc) is 2.53. The molecule has 0 fully saturated rings. The maximum absolute atomic E-state index is 12.0.